The van der Waals surface area contributed by atoms with Crippen molar-refractivity contribution in [1.29, 1.82) is 5.26 Å². The Morgan fingerprint density at radius 1 is 1.04 bits per heavy atom. The summed E-state index contributed by atoms with van der Waals surface area (Å²) >= 11 is 0. The molecular formula is C20H25NO6. The number of methoxy groups -OCH3 is 2. The van der Waals surface area contributed by atoms with E-state index in [-0.39, 0.29) is 25.7 Å². The Bertz CT molecular complexity index is 745. The van der Waals surface area contributed by atoms with Gasteiger partial charge in [-0.05, 0) is 37.8 Å². The van der Waals surface area contributed by atoms with Gasteiger partial charge >= 0.3 is 11.9 Å². The summed E-state index contributed by atoms with van der Waals surface area (Å²) < 4.78 is 21.1. The molecule has 1 aromatic rings. The third-order valence-electron chi connectivity index (χ3n) is 4.85. The normalized spacial score (nSPS) is 12.9. The molecule has 0 atom stereocenters. The summed E-state index contributed by atoms with van der Waals surface area (Å²) in [7, 11) is 2.61. The smallest absolute Gasteiger partial charge is 0.305 e. The van der Waals surface area contributed by atoms with Gasteiger partial charge in [0.05, 0.1) is 25.7 Å². The third-order valence-corrected chi connectivity index (χ3v) is 4.85. The maximum Gasteiger partial charge on any atom is 0.305 e. The van der Waals surface area contributed by atoms with E-state index in [4.69, 9.17) is 18.9 Å². The Hall–Kier alpha value is -2.75. The summed E-state index contributed by atoms with van der Waals surface area (Å²) in [5.74, 6) is 0.305. The van der Waals surface area contributed by atoms with E-state index in [0.29, 0.717) is 30.3 Å². The average molecular weight is 375 g/mol. The van der Waals surface area contributed by atoms with E-state index in [1.54, 1.807) is 0 Å². The molecule has 7 heteroatoms. The lowest BCUT2D eigenvalue weighted by Crippen LogP contribution is -2.30. The second-order valence-corrected chi connectivity index (χ2v) is 6.59. The molecule has 0 amide bonds. The Labute approximate surface area is 159 Å². The van der Waals surface area contributed by atoms with Crippen molar-refractivity contribution in [3.8, 4) is 17.6 Å². The molecule has 1 aliphatic heterocycles. The van der Waals surface area contributed by atoms with Crippen LogP contribution in [0.2, 0.25) is 0 Å². The number of aryl methyl sites for hydroxylation is 2. The number of esters is 2. The van der Waals surface area contributed by atoms with Crippen LogP contribution in [0.15, 0.2) is 6.07 Å². The van der Waals surface area contributed by atoms with E-state index in [2.05, 4.69) is 6.07 Å². The van der Waals surface area contributed by atoms with Crippen molar-refractivity contribution >= 4 is 11.9 Å². The van der Waals surface area contributed by atoms with Crippen LogP contribution in [0.25, 0.3) is 0 Å². The number of rotatable bonds is 7. The van der Waals surface area contributed by atoms with E-state index in [0.717, 1.165) is 11.1 Å². The van der Waals surface area contributed by atoms with Crippen LogP contribution in [0.5, 0.6) is 11.5 Å². The van der Waals surface area contributed by atoms with Gasteiger partial charge in [0.1, 0.15) is 13.2 Å². The molecule has 0 aromatic heterocycles. The Kier molecular flexibility index (Phi) is 6.67. The highest BCUT2D eigenvalue weighted by molar-refractivity contribution is 5.71. The predicted octanol–water partition coefficient (Wildman–Crippen LogP) is 2.74. The van der Waals surface area contributed by atoms with Gasteiger partial charge in [0.2, 0.25) is 0 Å². The number of ether oxygens (including phenoxy) is 4. The van der Waals surface area contributed by atoms with Gasteiger partial charge in [0.15, 0.2) is 11.5 Å². The number of fused-ring (bicyclic) bond motifs is 1. The first kappa shape index (κ1) is 20.6. The van der Waals surface area contributed by atoms with Gasteiger partial charge in [-0.25, -0.2) is 0 Å². The van der Waals surface area contributed by atoms with Crippen LogP contribution >= 0.6 is 0 Å². The first-order valence-electron chi connectivity index (χ1n) is 8.83. The fourth-order valence-electron chi connectivity index (χ4n) is 3.51. The Balaban J connectivity index is 2.56. The second kappa shape index (κ2) is 8.76. The van der Waals surface area contributed by atoms with Gasteiger partial charge in [-0.15, -0.1) is 0 Å². The topological polar surface area (TPSA) is 94.9 Å². The lowest BCUT2D eigenvalue weighted by atomic mass is 9.72. The van der Waals surface area contributed by atoms with E-state index < -0.39 is 17.4 Å². The van der Waals surface area contributed by atoms with Crippen molar-refractivity contribution in [3.05, 3.63) is 22.8 Å². The van der Waals surface area contributed by atoms with Crippen LogP contribution in [0.1, 0.15) is 42.4 Å². The maximum absolute atomic E-state index is 11.7. The van der Waals surface area contributed by atoms with Crippen LogP contribution in [0.4, 0.5) is 0 Å². The lowest BCUT2D eigenvalue weighted by molar-refractivity contribution is -0.141. The fraction of sp³-hybridized carbons (Fsp3) is 0.550. The van der Waals surface area contributed by atoms with Crippen LogP contribution in [-0.2, 0) is 24.5 Å². The van der Waals surface area contributed by atoms with Gasteiger partial charge in [-0.2, -0.15) is 5.26 Å². The number of hydrogen-bond acceptors (Lipinski definition) is 7. The number of carbonyl (C=O) groups excluding carboxylic acids is 2. The second-order valence-electron chi connectivity index (χ2n) is 6.59. The number of nitrogens with zero attached hydrogens (tertiary/aromatic N) is 1. The molecule has 0 unspecified atom stereocenters. The quantitative estimate of drug-likeness (QED) is 0.676. The fourth-order valence-corrected chi connectivity index (χ4v) is 3.51. The van der Waals surface area contributed by atoms with Crippen LogP contribution < -0.4 is 9.47 Å². The standard InChI is InChI=1S/C20H25NO6/c1-13-11-14(2)18-19(27-10-9-26-18)17(13)20(12-21,7-5-15(22)24-3)8-6-16(23)25-4/h11H,5-10H2,1-4H3. The molecule has 0 bridgehead atoms. The minimum absolute atomic E-state index is 0.0498. The van der Waals surface area contributed by atoms with Crippen LogP contribution in [-0.4, -0.2) is 39.4 Å². The highest BCUT2D eigenvalue weighted by atomic mass is 16.6. The SMILES string of the molecule is COC(=O)CCC(C#N)(CCC(=O)OC)c1c(C)cc(C)c2c1OCCO2. The zero-order chi connectivity index (χ0) is 20.0. The summed E-state index contributed by atoms with van der Waals surface area (Å²) in [6.45, 7) is 4.61. The highest BCUT2D eigenvalue weighted by Crippen LogP contribution is 2.48. The zero-order valence-corrected chi connectivity index (χ0v) is 16.2. The monoisotopic (exact) mass is 375 g/mol. The molecule has 0 saturated heterocycles. The molecule has 0 saturated carbocycles. The largest absolute Gasteiger partial charge is 0.486 e. The molecule has 27 heavy (non-hydrogen) atoms. The number of nitriles is 1. The number of carbonyl (C=O) groups is 2. The summed E-state index contributed by atoms with van der Waals surface area (Å²) in [6.07, 6.45) is 0.502. The summed E-state index contributed by atoms with van der Waals surface area (Å²) in [4.78, 5) is 23.5. The molecule has 0 fully saturated rings. The van der Waals surface area contributed by atoms with Crippen molar-refractivity contribution in [2.45, 2.75) is 44.9 Å². The molecule has 1 aromatic carbocycles. The van der Waals surface area contributed by atoms with E-state index >= 15 is 0 Å². The lowest BCUT2D eigenvalue weighted by Gasteiger charge is -2.33. The van der Waals surface area contributed by atoms with Crippen molar-refractivity contribution in [3.63, 3.8) is 0 Å². The third kappa shape index (κ3) is 4.33. The zero-order valence-electron chi connectivity index (χ0n) is 16.2. The Morgan fingerprint density at radius 3 is 2.04 bits per heavy atom. The van der Waals surface area contributed by atoms with Gasteiger partial charge in [-0.3, -0.25) is 9.59 Å². The maximum atomic E-state index is 11.7. The molecule has 2 rings (SSSR count). The number of benzene rings is 1. The van der Waals surface area contributed by atoms with Crippen LogP contribution in [0.3, 0.4) is 0 Å². The van der Waals surface area contributed by atoms with E-state index in [1.165, 1.54) is 14.2 Å². The Morgan fingerprint density at radius 2 is 1.56 bits per heavy atom. The van der Waals surface area contributed by atoms with Crippen molar-refractivity contribution in [2.24, 2.45) is 0 Å². The highest BCUT2D eigenvalue weighted by Gasteiger charge is 2.40. The van der Waals surface area contributed by atoms with Gasteiger partial charge < -0.3 is 18.9 Å². The summed E-state index contributed by atoms with van der Waals surface area (Å²) in [5.41, 5.74) is 1.33. The summed E-state index contributed by atoms with van der Waals surface area (Å²) in [5, 5.41) is 10.1. The van der Waals surface area contributed by atoms with Gasteiger partial charge in [0, 0.05) is 18.4 Å². The molecule has 0 spiro atoms. The van der Waals surface area contributed by atoms with Crippen LogP contribution in [0, 0.1) is 25.2 Å². The molecule has 1 heterocycles. The molecule has 1 aliphatic rings. The molecule has 0 aliphatic carbocycles. The van der Waals surface area contributed by atoms with Crippen molar-refractivity contribution < 1.29 is 28.5 Å². The van der Waals surface area contributed by atoms with Crippen molar-refractivity contribution in [2.75, 3.05) is 27.4 Å². The molecule has 0 radical (unpaired) electrons. The van der Waals surface area contributed by atoms with Crippen molar-refractivity contribution in [1.82, 2.24) is 0 Å². The average Bonchev–Trinajstić information content (AvgIpc) is 2.68. The molecule has 7 nitrogen and oxygen atoms in total. The molecular weight excluding hydrogens is 350 g/mol. The minimum Gasteiger partial charge on any atom is -0.486 e. The van der Waals surface area contributed by atoms with E-state index in [1.807, 2.05) is 19.9 Å². The first-order chi connectivity index (χ1) is 12.9. The first-order valence-corrected chi connectivity index (χ1v) is 8.83. The molecule has 146 valence electrons. The number of hydrogen-bond donors (Lipinski definition) is 0. The summed E-state index contributed by atoms with van der Waals surface area (Å²) in [6, 6.07) is 4.29. The van der Waals surface area contributed by atoms with E-state index in [9.17, 15) is 14.9 Å². The molecule has 0 N–H and O–H groups in total. The minimum atomic E-state index is -1.11. The van der Waals surface area contributed by atoms with Gasteiger partial charge in [0.25, 0.3) is 0 Å². The van der Waals surface area contributed by atoms with Gasteiger partial charge in [-0.1, -0.05) is 6.07 Å². The predicted molar refractivity (Wildman–Crippen MR) is 96.7 cm³/mol.